The first-order valence-corrected chi connectivity index (χ1v) is 8.67. The van der Waals surface area contributed by atoms with Gasteiger partial charge in [-0.15, -0.1) is 5.10 Å². The molecule has 1 aliphatic carbocycles. The molecule has 1 saturated carbocycles. The smallest absolute Gasteiger partial charge is 0.347 e. The molecule has 1 N–H and O–H groups in total. The molecule has 2 heterocycles. The van der Waals surface area contributed by atoms with Crippen molar-refractivity contribution in [1.82, 2.24) is 19.7 Å². The number of hydrogen-bond donors (Lipinski definition) is 1. The van der Waals surface area contributed by atoms with Gasteiger partial charge < -0.3 is 9.73 Å². The number of carbonyl (C=O) groups is 1. The fraction of sp³-hybridized carbons (Fsp3) is 0.316. The van der Waals surface area contributed by atoms with Gasteiger partial charge in [0.05, 0.1) is 6.26 Å². The standard InChI is InChI=1S/C19H20N4O3/c1-13-4-6-14(7-5-13)11-20-17(24)12-22-19(25)23(15-8-9-15)18(21-22)16-3-2-10-26-16/h2-7,10,15H,8-9,11-12H2,1H3,(H,20,24). The molecule has 2 aromatic heterocycles. The molecule has 0 unspecified atom stereocenters. The summed E-state index contributed by atoms with van der Waals surface area (Å²) < 4.78 is 8.23. The molecule has 0 atom stereocenters. The third kappa shape index (κ3) is 3.33. The maximum Gasteiger partial charge on any atom is 0.347 e. The fourth-order valence-electron chi connectivity index (χ4n) is 2.86. The van der Waals surface area contributed by atoms with Crippen molar-refractivity contribution in [3.8, 4) is 11.6 Å². The second-order valence-corrected chi connectivity index (χ2v) is 6.60. The van der Waals surface area contributed by atoms with E-state index in [0.717, 1.165) is 18.4 Å². The van der Waals surface area contributed by atoms with E-state index in [1.54, 1.807) is 23.0 Å². The second kappa shape index (κ2) is 6.67. The molecule has 0 radical (unpaired) electrons. The van der Waals surface area contributed by atoms with Crippen LogP contribution in [0, 0.1) is 6.92 Å². The molecule has 1 fully saturated rings. The lowest BCUT2D eigenvalue weighted by atomic mass is 10.1. The Labute approximate surface area is 150 Å². The number of carbonyl (C=O) groups excluding carboxylic acids is 1. The average Bonchev–Trinajstić information content (AvgIpc) is 3.21. The van der Waals surface area contributed by atoms with E-state index in [0.29, 0.717) is 18.1 Å². The first-order valence-electron chi connectivity index (χ1n) is 8.67. The number of aryl methyl sites for hydroxylation is 1. The van der Waals surface area contributed by atoms with Crippen LogP contribution in [0.5, 0.6) is 0 Å². The molecule has 3 aromatic rings. The van der Waals surface area contributed by atoms with Crippen LogP contribution in [0.25, 0.3) is 11.6 Å². The van der Waals surface area contributed by atoms with Gasteiger partial charge in [0.15, 0.2) is 5.76 Å². The van der Waals surface area contributed by atoms with Gasteiger partial charge in [0.25, 0.3) is 0 Å². The van der Waals surface area contributed by atoms with Gasteiger partial charge in [0.2, 0.25) is 11.7 Å². The third-order valence-electron chi connectivity index (χ3n) is 4.43. The maximum atomic E-state index is 12.7. The molecule has 0 spiro atoms. The number of rotatable bonds is 6. The van der Waals surface area contributed by atoms with Gasteiger partial charge in [-0.1, -0.05) is 29.8 Å². The first-order chi connectivity index (χ1) is 12.6. The van der Waals surface area contributed by atoms with Crippen LogP contribution in [0.1, 0.15) is 30.0 Å². The zero-order chi connectivity index (χ0) is 18.1. The Kier molecular flexibility index (Phi) is 4.20. The number of furan rings is 1. The van der Waals surface area contributed by atoms with Crippen molar-refractivity contribution in [2.75, 3.05) is 0 Å². The van der Waals surface area contributed by atoms with E-state index in [2.05, 4.69) is 10.4 Å². The Balaban J connectivity index is 1.49. The minimum Gasteiger partial charge on any atom is -0.461 e. The van der Waals surface area contributed by atoms with Gasteiger partial charge in [-0.3, -0.25) is 9.36 Å². The summed E-state index contributed by atoms with van der Waals surface area (Å²) in [6.45, 7) is 2.32. The summed E-state index contributed by atoms with van der Waals surface area (Å²) in [5.41, 5.74) is 1.91. The second-order valence-electron chi connectivity index (χ2n) is 6.60. The van der Waals surface area contributed by atoms with Crippen molar-refractivity contribution >= 4 is 5.91 Å². The van der Waals surface area contributed by atoms with Crippen LogP contribution < -0.4 is 11.0 Å². The van der Waals surface area contributed by atoms with Crippen LogP contribution in [0.2, 0.25) is 0 Å². The molecule has 0 saturated heterocycles. The fourth-order valence-corrected chi connectivity index (χ4v) is 2.86. The van der Waals surface area contributed by atoms with Crippen molar-refractivity contribution in [1.29, 1.82) is 0 Å². The number of hydrogen-bond acceptors (Lipinski definition) is 4. The molecule has 134 valence electrons. The van der Waals surface area contributed by atoms with E-state index in [1.807, 2.05) is 31.2 Å². The number of nitrogens with zero attached hydrogens (tertiary/aromatic N) is 3. The van der Waals surface area contributed by atoms with Crippen molar-refractivity contribution in [2.45, 2.75) is 38.9 Å². The summed E-state index contributed by atoms with van der Waals surface area (Å²) >= 11 is 0. The molecule has 7 heteroatoms. The van der Waals surface area contributed by atoms with Gasteiger partial charge in [-0.2, -0.15) is 0 Å². The summed E-state index contributed by atoms with van der Waals surface area (Å²) in [7, 11) is 0. The molecule has 4 rings (SSSR count). The van der Waals surface area contributed by atoms with E-state index in [9.17, 15) is 9.59 Å². The summed E-state index contributed by atoms with van der Waals surface area (Å²) in [6, 6.07) is 11.6. The summed E-state index contributed by atoms with van der Waals surface area (Å²) in [6.07, 6.45) is 3.43. The van der Waals surface area contributed by atoms with Crippen LogP contribution in [0.3, 0.4) is 0 Å². The van der Waals surface area contributed by atoms with Crippen molar-refractivity contribution < 1.29 is 9.21 Å². The Hall–Kier alpha value is -3.09. The van der Waals surface area contributed by atoms with Crippen molar-refractivity contribution in [2.24, 2.45) is 0 Å². The number of benzene rings is 1. The molecule has 1 amide bonds. The highest BCUT2D eigenvalue weighted by Crippen LogP contribution is 2.36. The van der Waals surface area contributed by atoms with E-state index in [-0.39, 0.29) is 24.2 Å². The van der Waals surface area contributed by atoms with Crippen LogP contribution in [-0.4, -0.2) is 20.3 Å². The predicted molar refractivity (Wildman–Crippen MR) is 95.5 cm³/mol. The SMILES string of the molecule is Cc1ccc(CNC(=O)Cn2nc(-c3ccco3)n(C3CC3)c2=O)cc1. The Morgan fingerprint density at radius 3 is 2.69 bits per heavy atom. The zero-order valence-corrected chi connectivity index (χ0v) is 14.5. The molecular weight excluding hydrogens is 332 g/mol. The molecule has 0 bridgehead atoms. The normalized spacial score (nSPS) is 13.7. The highest BCUT2D eigenvalue weighted by Gasteiger charge is 2.31. The number of nitrogens with one attached hydrogen (secondary N) is 1. The van der Waals surface area contributed by atoms with Gasteiger partial charge in [-0.05, 0) is 37.5 Å². The van der Waals surface area contributed by atoms with E-state index < -0.39 is 0 Å². The molecule has 0 aliphatic heterocycles. The number of amides is 1. The lowest BCUT2D eigenvalue weighted by Crippen LogP contribution is -2.33. The van der Waals surface area contributed by atoms with Gasteiger partial charge in [0, 0.05) is 12.6 Å². The maximum absolute atomic E-state index is 12.7. The predicted octanol–water partition coefficient (Wildman–Crippen LogP) is 2.26. The summed E-state index contributed by atoms with van der Waals surface area (Å²) in [5, 5.41) is 7.16. The van der Waals surface area contributed by atoms with Crippen LogP contribution in [0.15, 0.2) is 51.9 Å². The van der Waals surface area contributed by atoms with E-state index >= 15 is 0 Å². The summed E-state index contributed by atoms with van der Waals surface area (Å²) in [4.78, 5) is 24.9. The zero-order valence-electron chi connectivity index (χ0n) is 14.5. The Morgan fingerprint density at radius 2 is 2.04 bits per heavy atom. The van der Waals surface area contributed by atoms with Crippen LogP contribution >= 0.6 is 0 Å². The van der Waals surface area contributed by atoms with Crippen molar-refractivity contribution in [3.05, 3.63) is 64.3 Å². The van der Waals surface area contributed by atoms with Gasteiger partial charge in [0.1, 0.15) is 6.54 Å². The largest absolute Gasteiger partial charge is 0.461 e. The lowest BCUT2D eigenvalue weighted by Gasteiger charge is -2.05. The molecule has 1 aliphatic rings. The number of aromatic nitrogens is 3. The lowest BCUT2D eigenvalue weighted by molar-refractivity contribution is -0.122. The quantitative estimate of drug-likeness (QED) is 0.738. The molecule has 26 heavy (non-hydrogen) atoms. The molecule has 7 nitrogen and oxygen atoms in total. The monoisotopic (exact) mass is 352 g/mol. The van der Waals surface area contributed by atoms with Gasteiger partial charge >= 0.3 is 5.69 Å². The Morgan fingerprint density at radius 1 is 1.27 bits per heavy atom. The van der Waals surface area contributed by atoms with Crippen LogP contribution in [0.4, 0.5) is 0 Å². The van der Waals surface area contributed by atoms with E-state index in [1.165, 1.54) is 10.2 Å². The van der Waals surface area contributed by atoms with Gasteiger partial charge in [-0.25, -0.2) is 9.48 Å². The highest BCUT2D eigenvalue weighted by atomic mass is 16.3. The minimum atomic E-state index is -0.274. The van der Waals surface area contributed by atoms with E-state index in [4.69, 9.17) is 4.42 Å². The van der Waals surface area contributed by atoms with Crippen LogP contribution in [-0.2, 0) is 17.9 Å². The highest BCUT2D eigenvalue weighted by molar-refractivity contribution is 5.75. The first kappa shape index (κ1) is 16.4. The topological polar surface area (TPSA) is 82.1 Å². The minimum absolute atomic E-state index is 0.113. The Bertz CT molecular complexity index is 963. The molecular formula is C19H20N4O3. The summed E-state index contributed by atoms with van der Waals surface area (Å²) in [5.74, 6) is 0.765. The third-order valence-corrected chi connectivity index (χ3v) is 4.43. The van der Waals surface area contributed by atoms with Crippen molar-refractivity contribution in [3.63, 3.8) is 0 Å². The average molecular weight is 352 g/mol. The molecule has 1 aromatic carbocycles.